The van der Waals surface area contributed by atoms with Crippen molar-refractivity contribution < 1.29 is 9.53 Å². The fourth-order valence-corrected chi connectivity index (χ4v) is 1.50. The van der Waals surface area contributed by atoms with Crippen molar-refractivity contribution in [2.45, 2.75) is 13.0 Å². The molecule has 0 fully saturated rings. The second kappa shape index (κ2) is 3.05. The largest absolute Gasteiger partial charge is 0.453 e. The molecule has 66 valence electrons. The predicted octanol–water partition coefficient (Wildman–Crippen LogP) is 2.32. The third-order valence-electron chi connectivity index (χ3n) is 2.05. The van der Waals surface area contributed by atoms with Gasteiger partial charge >= 0.3 is 5.97 Å². The first-order valence-electron chi connectivity index (χ1n) is 4.22. The summed E-state index contributed by atoms with van der Waals surface area (Å²) in [5.74, 6) is -0.244. The molecule has 0 saturated carbocycles. The highest BCUT2D eigenvalue weighted by Gasteiger charge is 2.18. The van der Waals surface area contributed by atoms with Gasteiger partial charge in [0.1, 0.15) is 6.10 Å². The quantitative estimate of drug-likeness (QED) is 0.611. The molecule has 13 heavy (non-hydrogen) atoms. The van der Waals surface area contributed by atoms with Crippen LogP contribution in [-0.4, -0.2) is 5.97 Å². The molecule has 0 aromatic heterocycles. The van der Waals surface area contributed by atoms with Crippen LogP contribution in [0.1, 0.15) is 24.2 Å². The van der Waals surface area contributed by atoms with Crippen molar-refractivity contribution in [3.63, 3.8) is 0 Å². The molecule has 1 aromatic rings. The normalized spacial score (nSPS) is 18.4. The van der Waals surface area contributed by atoms with Gasteiger partial charge in [0.15, 0.2) is 0 Å². The van der Waals surface area contributed by atoms with Crippen LogP contribution in [0.25, 0.3) is 6.08 Å². The van der Waals surface area contributed by atoms with Crippen LogP contribution in [0.2, 0.25) is 0 Å². The van der Waals surface area contributed by atoms with Crippen molar-refractivity contribution >= 4 is 12.0 Å². The topological polar surface area (TPSA) is 26.3 Å². The zero-order valence-corrected chi connectivity index (χ0v) is 7.36. The van der Waals surface area contributed by atoms with Gasteiger partial charge in [-0.3, -0.25) is 4.79 Å². The number of esters is 1. The lowest BCUT2D eigenvalue weighted by Gasteiger charge is -2.10. The van der Waals surface area contributed by atoms with Gasteiger partial charge in [0.2, 0.25) is 0 Å². The van der Waals surface area contributed by atoms with E-state index in [0.717, 1.165) is 11.1 Å². The second-order valence-corrected chi connectivity index (χ2v) is 3.02. The van der Waals surface area contributed by atoms with Crippen LogP contribution >= 0.6 is 0 Å². The van der Waals surface area contributed by atoms with Gasteiger partial charge in [-0.2, -0.15) is 0 Å². The van der Waals surface area contributed by atoms with Crippen LogP contribution in [0.5, 0.6) is 0 Å². The summed E-state index contributed by atoms with van der Waals surface area (Å²) in [5, 5.41) is 0. The molecule has 1 aromatic carbocycles. The average Bonchev–Trinajstić information content (AvgIpc) is 2.48. The minimum absolute atomic E-state index is 0.186. The first-order chi connectivity index (χ1) is 6.27. The Balaban J connectivity index is 2.28. The summed E-state index contributed by atoms with van der Waals surface area (Å²) in [6.07, 6.45) is 3.68. The molecule has 1 atom stereocenters. The summed E-state index contributed by atoms with van der Waals surface area (Å²) >= 11 is 0. The number of fused-ring (bicyclic) bond motifs is 1. The summed E-state index contributed by atoms with van der Waals surface area (Å²) in [5.41, 5.74) is 2.20. The highest BCUT2D eigenvalue weighted by Crippen LogP contribution is 2.30. The van der Waals surface area contributed by atoms with Crippen molar-refractivity contribution in [2.75, 3.05) is 0 Å². The highest BCUT2D eigenvalue weighted by molar-refractivity contribution is 5.69. The van der Waals surface area contributed by atoms with Crippen LogP contribution in [-0.2, 0) is 9.53 Å². The molecule has 0 radical (unpaired) electrons. The Hall–Kier alpha value is -1.57. The first-order valence-corrected chi connectivity index (χ1v) is 4.22. The third-order valence-corrected chi connectivity index (χ3v) is 2.05. The number of rotatable bonds is 1. The minimum Gasteiger partial charge on any atom is -0.453 e. The minimum atomic E-state index is -0.244. The van der Waals surface area contributed by atoms with E-state index in [-0.39, 0.29) is 12.1 Å². The molecule has 0 aliphatic heterocycles. The maximum Gasteiger partial charge on any atom is 0.303 e. The zero-order chi connectivity index (χ0) is 9.26. The Morgan fingerprint density at radius 3 is 2.92 bits per heavy atom. The monoisotopic (exact) mass is 174 g/mol. The molecule has 2 rings (SSSR count). The van der Waals surface area contributed by atoms with Gasteiger partial charge in [0, 0.05) is 12.5 Å². The summed E-state index contributed by atoms with van der Waals surface area (Å²) < 4.78 is 5.11. The molecule has 1 aliphatic rings. The molecular weight excluding hydrogens is 164 g/mol. The molecule has 1 aliphatic carbocycles. The van der Waals surface area contributed by atoms with E-state index < -0.39 is 0 Å². The summed E-state index contributed by atoms with van der Waals surface area (Å²) in [4.78, 5) is 10.8. The van der Waals surface area contributed by atoms with Gasteiger partial charge < -0.3 is 4.74 Å². The van der Waals surface area contributed by atoms with Crippen LogP contribution in [0.4, 0.5) is 0 Å². The van der Waals surface area contributed by atoms with E-state index in [0.29, 0.717) is 0 Å². The fourth-order valence-electron chi connectivity index (χ4n) is 1.50. The van der Waals surface area contributed by atoms with Crippen molar-refractivity contribution in [3.8, 4) is 0 Å². The third kappa shape index (κ3) is 1.47. The number of hydrogen-bond donors (Lipinski definition) is 0. The lowest BCUT2D eigenvalue weighted by atomic mass is 10.1. The molecule has 2 heteroatoms. The molecule has 0 saturated heterocycles. The molecule has 0 amide bonds. The molecule has 0 unspecified atom stereocenters. The molecule has 0 bridgehead atoms. The van der Waals surface area contributed by atoms with E-state index in [4.69, 9.17) is 4.74 Å². The molecule has 0 N–H and O–H groups in total. The average molecular weight is 174 g/mol. The van der Waals surface area contributed by atoms with Crippen LogP contribution in [0.15, 0.2) is 30.3 Å². The van der Waals surface area contributed by atoms with Gasteiger partial charge in [0.05, 0.1) is 0 Å². The second-order valence-electron chi connectivity index (χ2n) is 3.02. The number of hydrogen-bond acceptors (Lipinski definition) is 2. The Morgan fingerprint density at radius 1 is 1.38 bits per heavy atom. The lowest BCUT2D eigenvalue weighted by molar-refractivity contribution is -0.144. The highest BCUT2D eigenvalue weighted by atomic mass is 16.5. The number of ether oxygens (including phenoxy) is 1. The van der Waals surface area contributed by atoms with Crippen molar-refractivity contribution in [2.24, 2.45) is 0 Å². The van der Waals surface area contributed by atoms with Crippen LogP contribution in [0.3, 0.4) is 0 Å². The molecular formula is C11H10O2. The predicted molar refractivity (Wildman–Crippen MR) is 50.0 cm³/mol. The summed E-state index contributed by atoms with van der Waals surface area (Å²) in [6, 6.07) is 7.90. The van der Waals surface area contributed by atoms with E-state index in [2.05, 4.69) is 0 Å². The van der Waals surface area contributed by atoms with Crippen LogP contribution in [0, 0.1) is 0 Å². The number of carbonyl (C=O) groups excluding carboxylic acids is 1. The smallest absolute Gasteiger partial charge is 0.303 e. The summed E-state index contributed by atoms with van der Waals surface area (Å²) in [7, 11) is 0. The van der Waals surface area contributed by atoms with Gasteiger partial charge in [-0.15, -0.1) is 0 Å². The SMILES string of the molecule is CC(=O)O[C@@H]1C=Cc2ccccc21. The maximum absolute atomic E-state index is 10.8. The fraction of sp³-hybridized carbons (Fsp3) is 0.182. The van der Waals surface area contributed by atoms with Gasteiger partial charge in [-0.25, -0.2) is 0 Å². The van der Waals surface area contributed by atoms with E-state index in [1.54, 1.807) is 0 Å². The first kappa shape index (κ1) is 8.05. The summed E-state index contributed by atoms with van der Waals surface area (Å²) in [6.45, 7) is 1.43. The van der Waals surface area contributed by atoms with Gasteiger partial charge in [-0.1, -0.05) is 30.3 Å². The van der Waals surface area contributed by atoms with Crippen molar-refractivity contribution in [3.05, 3.63) is 41.5 Å². The Bertz CT molecular complexity index is 366. The van der Waals surface area contributed by atoms with Gasteiger partial charge in [-0.05, 0) is 11.6 Å². The Labute approximate surface area is 76.8 Å². The molecule has 2 nitrogen and oxygen atoms in total. The van der Waals surface area contributed by atoms with E-state index >= 15 is 0 Å². The number of benzene rings is 1. The molecule has 0 spiro atoms. The Morgan fingerprint density at radius 2 is 2.15 bits per heavy atom. The van der Waals surface area contributed by atoms with Crippen LogP contribution < -0.4 is 0 Å². The standard InChI is InChI=1S/C11H10O2/c1-8(12)13-11-7-6-9-4-2-3-5-10(9)11/h2-7,11H,1H3/t11-/m1/s1. The maximum atomic E-state index is 10.8. The Kier molecular flexibility index (Phi) is 1.89. The van der Waals surface area contributed by atoms with Crippen molar-refractivity contribution in [1.82, 2.24) is 0 Å². The van der Waals surface area contributed by atoms with Crippen molar-refractivity contribution in [1.29, 1.82) is 0 Å². The van der Waals surface area contributed by atoms with E-state index in [1.807, 2.05) is 36.4 Å². The lowest BCUT2D eigenvalue weighted by Crippen LogP contribution is -2.04. The zero-order valence-electron chi connectivity index (χ0n) is 7.36. The van der Waals surface area contributed by atoms with E-state index in [9.17, 15) is 4.79 Å². The van der Waals surface area contributed by atoms with E-state index in [1.165, 1.54) is 6.92 Å². The number of carbonyl (C=O) groups is 1. The molecule has 0 heterocycles. The van der Waals surface area contributed by atoms with Gasteiger partial charge in [0.25, 0.3) is 0 Å².